The van der Waals surface area contributed by atoms with Crippen molar-refractivity contribution in [3.05, 3.63) is 57.7 Å². The van der Waals surface area contributed by atoms with Gasteiger partial charge in [-0.3, -0.25) is 33.7 Å². The number of nitrogens with two attached hydrogens (primary N) is 1. The van der Waals surface area contributed by atoms with Gasteiger partial charge >= 0.3 is 18.0 Å². The van der Waals surface area contributed by atoms with E-state index in [4.69, 9.17) is 24.9 Å². The molecule has 3 saturated carbocycles. The second-order valence-electron chi connectivity index (χ2n) is 24.6. The number of carbonyl (C=O) groups excluding carboxylic acids is 7. The number of aromatic nitrogens is 1. The highest BCUT2D eigenvalue weighted by molar-refractivity contribution is 7.09. The number of unbranched alkanes of at least 4 members (excludes halogenated alkanes) is 1. The minimum absolute atomic E-state index is 0.0866. The number of nitrogens with zero attached hydrogens (tertiary/aromatic N) is 3. The summed E-state index contributed by atoms with van der Waals surface area (Å²) in [6, 6.07) is 3.16. The molecular formula is C59H88N8O10S. The molecule has 0 radical (unpaired) electrons. The molecule has 19 heteroatoms. The molecule has 1 aliphatic heterocycles. The second-order valence-corrected chi connectivity index (χ2v) is 25.4. The van der Waals surface area contributed by atoms with E-state index in [0.29, 0.717) is 85.0 Å². The lowest BCUT2D eigenvalue weighted by Crippen LogP contribution is -2.59. The predicted octanol–water partition coefficient (Wildman–Crippen LogP) is 8.48. The van der Waals surface area contributed by atoms with Gasteiger partial charge in [-0.15, -0.1) is 11.3 Å². The SMILES string of the molecule is C=C(OC(=O)[C@@H]1CC2(NC(=O)c3csc([C@@H](C[C@H](C(C)C)N(CC)C(=O)[C@@H](NC(=O)[C@H]4C[C@H](C)CCN4C)[C@@H](C)CC)OC(C)=O)n3)CC2c2ccc(NC(=O)[C@@H](N)CCCCNC(=O)OC(C)(C)C)cc21)C1CC2CC[C@@H]21. The number of likely N-dealkylation sites (tertiary alicyclic amines) is 1. The van der Waals surface area contributed by atoms with E-state index in [9.17, 15) is 33.6 Å². The molecule has 0 bridgehead atoms. The number of fused-ring (bicyclic) bond motifs is 4. The molecule has 2 aromatic rings. The molecule has 18 nitrogen and oxygen atoms in total. The largest absolute Gasteiger partial charge is 0.455 e. The Balaban J connectivity index is 1.05. The summed E-state index contributed by atoms with van der Waals surface area (Å²) in [6.07, 6.45) is 6.85. The minimum atomic E-state index is -0.888. The standard InChI is InChI=1S/C59H88N8O10S/c1-13-34(6)50(64-53(71)48-25-33(5)22-24-66(48)12)55(72)67(14-2)47(32(3)4)28-49(76-36(8)68)54-63-46(31-78-54)52(70)65-59-29-43(56(73)75-35(7)41-26-37-18-20-39(37)41)42-27-38(19-21-40(42)44(59)30-59)62-51(69)45(60)17-15-16-23-61-57(74)77-58(9,10)11/h19,21,27,31-34,37,39,41,43-45,47-50H,7,13-18,20,22-26,28-30,60H2,1-6,8-12H3,(H,61,74)(H,62,69)(H,64,71)(H,65,70)/t33-,34+,37?,39+,41?,43-,44?,45+,47-,48-,49-,50+,59?/m1/s1. The molecule has 4 fully saturated rings. The van der Waals surface area contributed by atoms with Crippen molar-refractivity contribution in [2.45, 2.75) is 200 Å². The van der Waals surface area contributed by atoms with E-state index in [0.717, 1.165) is 37.8 Å². The third-order valence-corrected chi connectivity index (χ3v) is 18.3. The van der Waals surface area contributed by atoms with Crippen LogP contribution in [-0.2, 0) is 38.2 Å². The summed E-state index contributed by atoms with van der Waals surface area (Å²) in [7, 11) is 1.95. The van der Waals surface area contributed by atoms with Gasteiger partial charge in [0.05, 0.1) is 18.0 Å². The highest BCUT2D eigenvalue weighted by atomic mass is 32.1. The van der Waals surface area contributed by atoms with Crippen LogP contribution in [0.3, 0.4) is 0 Å². The number of hydrogen-bond donors (Lipinski definition) is 5. The maximum absolute atomic E-state index is 14.7. The molecule has 1 aromatic carbocycles. The van der Waals surface area contributed by atoms with E-state index in [1.807, 2.05) is 53.8 Å². The number of piperidine rings is 1. The molecule has 4 unspecified atom stereocenters. The molecule has 4 aliphatic carbocycles. The number of amides is 5. The topological polar surface area (TPSA) is 241 Å². The Labute approximate surface area is 465 Å². The molecule has 6 N–H and O–H groups in total. The first-order valence-electron chi connectivity index (χ1n) is 28.7. The number of carbonyl (C=O) groups is 7. The number of ether oxygens (including phenoxy) is 3. The van der Waals surface area contributed by atoms with Gasteiger partial charge in [0.15, 0.2) is 6.10 Å². The van der Waals surface area contributed by atoms with E-state index in [-0.39, 0.29) is 66.0 Å². The van der Waals surface area contributed by atoms with Crippen LogP contribution < -0.4 is 27.0 Å². The number of likely N-dealkylation sites (N-methyl/N-ethyl adjacent to an activating group) is 2. The zero-order valence-corrected chi connectivity index (χ0v) is 48.9. The number of anilines is 1. The number of hydrogen-bond acceptors (Lipinski definition) is 14. The number of allylic oxidation sites excluding steroid dienone is 1. The fourth-order valence-electron chi connectivity index (χ4n) is 12.3. The van der Waals surface area contributed by atoms with Crippen LogP contribution >= 0.6 is 11.3 Å². The first-order valence-corrected chi connectivity index (χ1v) is 29.5. The van der Waals surface area contributed by atoms with Crippen LogP contribution in [0.15, 0.2) is 35.9 Å². The normalized spacial score (nSPS) is 26.0. The fourth-order valence-corrected chi connectivity index (χ4v) is 13.1. The number of esters is 2. The molecule has 5 aliphatic rings. The molecular weight excluding hydrogens is 1010 g/mol. The van der Waals surface area contributed by atoms with Crippen LogP contribution in [0.2, 0.25) is 0 Å². The van der Waals surface area contributed by atoms with E-state index in [1.54, 1.807) is 37.1 Å². The molecule has 5 amide bonds. The summed E-state index contributed by atoms with van der Waals surface area (Å²) >= 11 is 1.20. The summed E-state index contributed by atoms with van der Waals surface area (Å²) in [6.45, 7) is 24.5. The summed E-state index contributed by atoms with van der Waals surface area (Å²) < 4.78 is 17.4. The van der Waals surface area contributed by atoms with Gasteiger partial charge in [-0.25, -0.2) is 9.78 Å². The fraction of sp³-hybridized carbons (Fsp3) is 0.695. The molecule has 0 spiro atoms. The van der Waals surface area contributed by atoms with Crippen molar-refractivity contribution in [1.82, 2.24) is 30.7 Å². The van der Waals surface area contributed by atoms with E-state index in [1.165, 1.54) is 24.7 Å². The first-order chi connectivity index (χ1) is 36.8. The summed E-state index contributed by atoms with van der Waals surface area (Å²) in [4.78, 5) is 104. The van der Waals surface area contributed by atoms with E-state index in [2.05, 4.69) is 39.7 Å². The van der Waals surface area contributed by atoms with Crippen LogP contribution in [0.1, 0.15) is 191 Å². The lowest BCUT2D eigenvalue weighted by molar-refractivity contribution is -0.150. The van der Waals surface area contributed by atoms with Crippen LogP contribution in [0.5, 0.6) is 0 Å². The number of thiazole rings is 1. The molecule has 78 heavy (non-hydrogen) atoms. The molecule has 2 heterocycles. The van der Waals surface area contributed by atoms with Crippen molar-refractivity contribution < 1.29 is 47.8 Å². The van der Waals surface area contributed by atoms with E-state index < -0.39 is 65.2 Å². The molecule has 13 atom stereocenters. The highest BCUT2D eigenvalue weighted by Crippen LogP contribution is 2.62. The second kappa shape index (κ2) is 25.4. The minimum Gasteiger partial charge on any atom is -0.455 e. The quantitative estimate of drug-likeness (QED) is 0.0287. The van der Waals surface area contributed by atoms with Crippen molar-refractivity contribution in [3.63, 3.8) is 0 Å². The zero-order chi connectivity index (χ0) is 57.0. The predicted molar refractivity (Wildman–Crippen MR) is 299 cm³/mol. The highest BCUT2D eigenvalue weighted by Gasteiger charge is 2.62. The van der Waals surface area contributed by atoms with Crippen LogP contribution in [-0.4, -0.2) is 118 Å². The van der Waals surface area contributed by atoms with Crippen molar-refractivity contribution in [2.75, 3.05) is 32.0 Å². The Hall–Kier alpha value is -5.40. The third-order valence-electron chi connectivity index (χ3n) is 17.3. The van der Waals surface area contributed by atoms with Gasteiger partial charge in [0.25, 0.3) is 5.91 Å². The summed E-state index contributed by atoms with van der Waals surface area (Å²) in [5, 5.41) is 14.1. The van der Waals surface area contributed by atoms with Crippen molar-refractivity contribution >= 4 is 58.7 Å². The van der Waals surface area contributed by atoms with Crippen molar-refractivity contribution in [2.24, 2.45) is 41.2 Å². The van der Waals surface area contributed by atoms with Crippen LogP contribution in [0.4, 0.5) is 10.5 Å². The Bertz CT molecular complexity index is 2550. The monoisotopic (exact) mass is 1100 g/mol. The molecule has 7 rings (SSSR count). The van der Waals surface area contributed by atoms with Gasteiger partial charge in [-0.2, -0.15) is 0 Å². The maximum Gasteiger partial charge on any atom is 0.407 e. The van der Waals surface area contributed by atoms with Gasteiger partial charge in [0.2, 0.25) is 17.7 Å². The number of nitrogens with one attached hydrogen (secondary N) is 4. The maximum atomic E-state index is 14.7. The van der Waals surface area contributed by atoms with Gasteiger partial charge < -0.3 is 46.1 Å². The third kappa shape index (κ3) is 14.3. The average Bonchev–Trinajstić information content (AvgIpc) is 3.86. The summed E-state index contributed by atoms with van der Waals surface area (Å²) in [5.41, 5.74) is 7.11. The zero-order valence-electron chi connectivity index (χ0n) is 48.0. The van der Waals surface area contributed by atoms with Crippen LogP contribution in [0.25, 0.3) is 0 Å². The Morgan fingerprint density at radius 2 is 1.76 bits per heavy atom. The molecule has 430 valence electrons. The van der Waals surface area contributed by atoms with E-state index >= 15 is 0 Å². The van der Waals surface area contributed by atoms with Gasteiger partial charge in [-0.05, 0) is 158 Å². The van der Waals surface area contributed by atoms with Crippen molar-refractivity contribution in [3.8, 4) is 0 Å². The first kappa shape index (κ1) is 60.2. The number of alkyl carbamates (subject to hydrolysis) is 1. The van der Waals surface area contributed by atoms with Crippen molar-refractivity contribution in [1.29, 1.82) is 0 Å². The Morgan fingerprint density at radius 3 is 2.38 bits per heavy atom. The van der Waals surface area contributed by atoms with Crippen LogP contribution in [0, 0.1) is 35.5 Å². The smallest absolute Gasteiger partial charge is 0.407 e. The molecule has 1 aromatic heterocycles. The van der Waals surface area contributed by atoms with Gasteiger partial charge in [0, 0.05) is 60.9 Å². The number of benzene rings is 1. The summed E-state index contributed by atoms with van der Waals surface area (Å²) in [5.74, 6) is -1.19. The number of rotatable bonds is 24. The van der Waals surface area contributed by atoms with Gasteiger partial charge in [0.1, 0.15) is 28.1 Å². The lowest BCUT2D eigenvalue weighted by Gasteiger charge is -2.53. The Morgan fingerprint density at radius 1 is 1.01 bits per heavy atom. The Kier molecular flexibility index (Phi) is 19.6. The average molecular weight is 1100 g/mol. The molecule has 1 saturated heterocycles. The van der Waals surface area contributed by atoms with Gasteiger partial charge in [-0.1, -0.05) is 53.7 Å². The lowest BCUT2D eigenvalue weighted by atomic mass is 9.53.